The van der Waals surface area contributed by atoms with Crippen LogP contribution in [0.1, 0.15) is 33.1 Å². The average molecular weight is 160 g/mol. The molecule has 0 aliphatic rings. The molecule has 0 rings (SSSR count). The number of carbonyl (C=O) groups excluding carboxylic acids is 1. The third-order valence-corrected chi connectivity index (χ3v) is 2.36. The van der Waals surface area contributed by atoms with E-state index in [9.17, 15) is 4.79 Å². The van der Waals surface area contributed by atoms with Crippen LogP contribution in [0.4, 0.5) is 0 Å². The maximum absolute atomic E-state index is 10.9. The van der Waals surface area contributed by atoms with Crippen molar-refractivity contribution in [3.63, 3.8) is 0 Å². The van der Waals surface area contributed by atoms with Crippen LogP contribution in [0.5, 0.6) is 0 Å². The smallest absolute Gasteiger partial charge is 0.142 e. The maximum atomic E-state index is 10.9. The van der Waals surface area contributed by atoms with E-state index in [0.717, 1.165) is 24.3 Å². The fourth-order valence-corrected chi connectivity index (χ4v) is 1.49. The molecule has 0 aromatic heterocycles. The molecule has 0 N–H and O–H groups in total. The summed E-state index contributed by atoms with van der Waals surface area (Å²) in [5.41, 5.74) is 0. The van der Waals surface area contributed by atoms with E-state index in [4.69, 9.17) is 0 Å². The zero-order valence-corrected chi connectivity index (χ0v) is 7.67. The van der Waals surface area contributed by atoms with Gasteiger partial charge in [-0.2, -0.15) is 11.8 Å². The van der Waals surface area contributed by atoms with Gasteiger partial charge >= 0.3 is 0 Å². The van der Waals surface area contributed by atoms with E-state index in [-0.39, 0.29) is 0 Å². The minimum atomic E-state index is 0.404. The van der Waals surface area contributed by atoms with Gasteiger partial charge < -0.3 is 0 Å². The number of rotatable bonds is 6. The number of carbonyl (C=O) groups is 1. The van der Waals surface area contributed by atoms with Crippen molar-refractivity contribution < 1.29 is 4.79 Å². The van der Waals surface area contributed by atoms with E-state index < -0.39 is 0 Å². The standard InChI is InChI=1S/C8H16OS/c1-3-5-8(9)7-10-6-4-2/h3-7H2,1-2H3. The summed E-state index contributed by atoms with van der Waals surface area (Å²) in [5.74, 6) is 2.25. The Morgan fingerprint density at radius 1 is 1.30 bits per heavy atom. The fraction of sp³-hybridized carbons (Fsp3) is 0.875. The Balaban J connectivity index is 3.05. The Labute approximate surface area is 67.6 Å². The summed E-state index contributed by atoms with van der Waals surface area (Å²) in [5, 5.41) is 0. The highest BCUT2D eigenvalue weighted by Crippen LogP contribution is 2.03. The van der Waals surface area contributed by atoms with Crippen molar-refractivity contribution in [2.75, 3.05) is 11.5 Å². The fourth-order valence-electron chi connectivity index (χ4n) is 0.681. The van der Waals surface area contributed by atoms with Crippen LogP contribution >= 0.6 is 11.8 Å². The van der Waals surface area contributed by atoms with Crippen molar-refractivity contribution in [1.82, 2.24) is 0 Å². The monoisotopic (exact) mass is 160 g/mol. The molecule has 0 heterocycles. The third kappa shape index (κ3) is 6.14. The molecular weight excluding hydrogens is 144 g/mol. The van der Waals surface area contributed by atoms with Crippen LogP contribution in [0.3, 0.4) is 0 Å². The second-order valence-corrected chi connectivity index (χ2v) is 3.45. The summed E-state index contributed by atoms with van der Waals surface area (Å²) in [4.78, 5) is 10.9. The Hall–Kier alpha value is 0.0200. The lowest BCUT2D eigenvalue weighted by molar-refractivity contribution is -0.116. The highest BCUT2D eigenvalue weighted by molar-refractivity contribution is 7.99. The molecule has 1 nitrogen and oxygen atoms in total. The summed E-state index contributed by atoms with van der Waals surface area (Å²) in [6, 6.07) is 0. The van der Waals surface area contributed by atoms with Gasteiger partial charge in [0.15, 0.2) is 0 Å². The zero-order chi connectivity index (χ0) is 7.82. The molecule has 0 saturated carbocycles. The number of thioether (sulfide) groups is 1. The highest BCUT2D eigenvalue weighted by Gasteiger charge is 1.97. The molecule has 0 aromatic carbocycles. The van der Waals surface area contributed by atoms with Crippen LogP contribution in [-0.4, -0.2) is 17.3 Å². The first kappa shape index (κ1) is 10.0. The summed E-state index contributed by atoms with van der Waals surface area (Å²) in [6.07, 6.45) is 2.92. The van der Waals surface area contributed by atoms with Crippen molar-refractivity contribution in [1.29, 1.82) is 0 Å². The minimum Gasteiger partial charge on any atom is -0.299 e. The Bertz CT molecular complexity index is 91.3. The Morgan fingerprint density at radius 2 is 2.00 bits per heavy atom. The first-order valence-electron chi connectivity index (χ1n) is 3.90. The lowest BCUT2D eigenvalue weighted by atomic mass is 10.3. The number of hydrogen-bond donors (Lipinski definition) is 0. The van der Waals surface area contributed by atoms with Crippen molar-refractivity contribution in [3.05, 3.63) is 0 Å². The molecule has 60 valence electrons. The van der Waals surface area contributed by atoms with Gasteiger partial charge in [0.25, 0.3) is 0 Å². The molecule has 0 atom stereocenters. The van der Waals surface area contributed by atoms with E-state index in [1.807, 2.05) is 6.92 Å². The predicted octanol–water partition coefficient (Wildman–Crippen LogP) is 2.50. The van der Waals surface area contributed by atoms with Gasteiger partial charge in [0, 0.05) is 6.42 Å². The maximum Gasteiger partial charge on any atom is 0.142 e. The van der Waals surface area contributed by atoms with Crippen molar-refractivity contribution >= 4 is 17.5 Å². The largest absolute Gasteiger partial charge is 0.299 e. The Morgan fingerprint density at radius 3 is 2.50 bits per heavy atom. The van der Waals surface area contributed by atoms with Gasteiger partial charge in [-0.25, -0.2) is 0 Å². The van der Waals surface area contributed by atoms with E-state index in [1.54, 1.807) is 11.8 Å². The molecule has 0 aliphatic heterocycles. The zero-order valence-electron chi connectivity index (χ0n) is 6.85. The van der Waals surface area contributed by atoms with Crippen LogP contribution in [0.15, 0.2) is 0 Å². The summed E-state index contributed by atoms with van der Waals surface area (Å²) >= 11 is 1.75. The summed E-state index contributed by atoms with van der Waals surface area (Å²) < 4.78 is 0. The first-order valence-corrected chi connectivity index (χ1v) is 5.06. The number of hydrogen-bond acceptors (Lipinski definition) is 2. The van der Waals surface area contributed by atoms with E-state index >= 15 is 0 Å². The van der Waals surface area contributed by atoms with Gasteiger partial charge in [0.1, 0.15) is 5.78 Å². The molecule has 0 bridgehead atoms. The van der Waals surface area contributed by atoms with E-state index in [0.29, 0.717) is 5.78 Å². The summed E-state index contributed by atoms with van der Waals surface area (Å²) in [6.45, 7) is 4.18. The van der Waals surface area contributed by atoms with E-state index in [1.165, 1.54) is 6.42 Å². The molecule has 0 fully saturated rings. The molecule has 0 unspecified atom stereocenters. The second-order valence-electron chi connectivity index (χ2n) is 2.34. The Kier molecular flexibility index (Phi) is 7.15. The molecule has 10 heavy (non-hydrogen) atoms. The average Bonchev–Trinajstić information content (AvgIpc) is 1.89. The molecule has 2 heteroatoms. The topological polar surface area (TPSA) is 17.1 Å². The number of ketones is 1. The molecule has 0 aliphatic carbocycles. The van der Waals surface area contributed by atoms with Crippen LogP contribution in [0, 0.1) is 0 Å². The normalized spacial score (nSPS) is 9.80. The molecule has 0 radical (unpaired) electrons. The molecule has 0 spiro atoms. The quantitative estimate of drug-likeness (QED) is 0.555. The first-order chi connectivity index (χ1) is 4.81. The molecule has 0 saturated heterocycles. The van der Waals surface area contributed by atoms with Gasteiger partial charge in [0.2, 0.25) is 0 Å². The molecule has 0 amide bonds. The van der Waals surface area contributed by atoms with Gasteiger partial charge in [-0.1, -0.05) is 13.8 Å². The van der Waals surface area contributed by atoms with Crippen molar-refractivity contribution in [2.45, 2.75) is 33.1 Å². The molecule has 0 aromatic rings. The summed E-state index contributed by atoms with van der Waals surface area (Å²) in [7, 11) is 0. The second kappa shape index (κ2) is 7.13. The van der Waals surface area contributed by atoms with E-state index in [2.05, 4.69) is 6.92 Å². The van der Waals surface area contributed by atoms with Crippen molar-refractivity contribution in [3.8, 4) is 0 Å². The van der Waals surface area contributed by atoms with Gasteiger partial charge in [-0.3, -0.25) is 4.79 Å². The lowest BCUT2D eigenvalue weighted by Gasteiger charge is -1.96. The predicted molar refractivity (Wildman–Crippen MR) is 47.5 cm³/mol. The van der Waals surface area contributed by atoms with Crippen LogP contribution in [-0.2, 0) is 4.79 Å². The SMILES string of the molecule is CCCSCC(=O)CCC. The third-order valence-electron chi connectivity index (χ3n) is 1.14. The lowest BCUT2D eigenvalue weighted by Crippen LogP contribution is -2.00. The van der Waals surface area contributed by atoms with Gasteiger partial charge in [-0.15, -0.1) is 0 Å². The minimum absolute atomic E-state index is 0.404. The van der Waals surface area contributed by atoms with Gasteiger partial charge in [-0.05, 0) is 18.6 Å². The van der Waals surface area contributed by atoms with Crippen LogP contribution < -0.4 is 0 Å². The van der Waals surface area contributed by atoms with Crippen LogP contribution in [0.25, 0.3) is 0 Å². The van der Waals surface area contributed by atoms with Gasteiger partial charge in [0.05, 0.1) is 5.75 Å². The highest BCUT2D eigenvalue weighted by atomic mass is 32.2. The van der Waals surface area contributed by atoms with Crippen molar-refractivity contribution in [2.24, 2.45) is 0 Å². The van der Waals surface area contributed by atoms with Crippen LogP contribution in [0.2, 0.25) is 0 Å². The number of Topliss-reactive ketones (excluding diaryl/α,β-unsaturated/α-hetero) is 1. The molecular formula is C8H16OS.